The van der Waals surface area contributed by atoms with Crippen LogP contribution in [0.15, 0.2) is 0 Å². The molecule has 5 heteroatoms. The molecule has 4 nitrogen and oxygen atoms in total. The average Bonchev–Trinajstić information content (AvgIpc) is 2.83. The molecule has 0 saturated heterocycles. The average molecular weight is 552 g/mol. The number of rotatable bonds is 28. The second-order valence-corrected chi connectivity index (χ2v) is 14.8. The van der Waals surface area contributed by atoms with Crippen LogP contribution < -0.4 is 0 Å². The van der Waals surface area contributed by atoms with Gasteiger partial charge in [0.2, 0.25) is 0 Å². The molecule has 0 radical (unpaired) electrons. The number of unbranched alkanes of at least 4 members (excludes halogenated alkanes) is 16. The van der Waals surface area contributed by atoms with Gasteiger partial charge in [0.1, 0.15) is 0 Å². The summed E-state index contributed by atoms with van der Waals surface area (Å²) in [6, 6.07) is 0. The first-order chi connectivity index (χ1) is 16.2. The van der Waals surface area contributed by atoms with Crippen molar-refractivity contribution in [1.29, 1.82) is 0 Å². The molecule has 0 aliphatic carbocycles. The van der Waals surface area contributed by atoms with Crippen LogP contribution in [0.3, 0.4) is 0 Å². The standard InChI is InChI=1S/4C7H15O.Zr/c4*1-2-3-4-5-6-7-8;/h4*2-7H2,1H3;/q4*-1;+4. The summed E-state index contributed by atoms with van der Waals surface area (Å²) in [5, 5.41) is 0. The van der Waals surface area contributed by atoms with Crippen LogP contribution in [-0.2, 0) is 33.3 Å². The molecule has 0 bridgehead atoms. The van der Waals surface area contributed by atoms with Crippen LogP contribution in [0, 0.1) is 0 Å². The number of hydrogen-bond donors (Lipinski definition) is 0. The van der Waals surface area contributed by atoms with E-state index in [9.17, 15) is 0 Å². The van der Waals surface area contributed by atoms with E-state index in [1.54, 1.807) is 0 Å². The van der Waals surface area contributed by atoms with Crippen molar-refractivity contribution < 1.29 is 33.3 Å². The Labute approximate surface area is 215 Å². The molecule has 0 aromatic rings. The van der Waals surface area contributed by atoms with E-state index in [-0.39, 0.29) is 0 Å². The molecule has 0 saturated carbocycles. The van der Waals surface area contributed by atoms with Gasteiger partial charge in [-0.2, -0.15) is 0 Å². The zero-order valence-corrected chi connectivity index (χ0v) is 25.6. The summed E-state index contributed by atoms with van der Waals surface area (Å²) in [5.74, 6) is 0. The maximum absolute atomic E-state index is 6.44. The van der Waals surface area contributed by atoms with E-state index < -0.39 is 22.0 Å². The van der Waals surface area contributed by atoms with E-state index in [4.69, 9.17) is 11.3 Å². The molecule has 0 atom stereocenters. The van der Waals surface area contributed by atoms with E-state index in [0.717, 1.165) is 52.1 Å². The molecule has 0 unspecified atom stereocenters. The summed E-state index contributed by atoms with van der Waals surface area (Å²) in [5.41, 5.74) is 0. The summed E-state index contributed by atoms with van der Waals surface area (Å²) in [6.45, 7) is 11.9. The molecule has 200 valence electrons. The minimum atomic E-state index is -3.97. The SMILES string of the molecule is CCCCCCC[O][Zr]([O]CCCCCCC)([O]CCCCCCC)[O]CCCCCCC. The van der Waals surface area contributed by atoms with Gasteiger partial charge in [0.05, 0.1) is 0 Å². The molecule has 0 aromatic carbocycles. The van der Waals surface area contributed by atoms with Crippen molar-refractivity contribution in [2.75, 3.05) is 26.4 Å². The van der Waals surface area contributed by atoms with Crippen molar-refractivity contribution in [3.63, 3.8) is 0 Å². The van der Waals surface area contributed by atoms with Gasteiger partial charge in [-0.3, -0.25) is 0 Å². The Hall–Kier alpha value is 0.723. The Morgan fingerprint density at radius 1 is 0.303 bits per heavy atom. The van der Waals surface area contributed by atoms with Crippen LogP contribution in [0.5, 0.6) is 0 Å². The topological polar surface area (TPSA) is 36.9 Å². The third kappa shape index (κ3) is 22.9. The van der Waals surface area contributed by atoms with Gasteiger partial charge in [0.15, 0.2) is 0 Å². The summed E-state index contributed by atoms with van der Waals surface area (Å²) in [7, 11) is 0. The monoisotopic (exact) mass is 550 g/mol. The molecule has 0 rings (SSSR count). The van der Waals surface area contributed by atoms with Gasteiger partial charge in [0.25, 0.3) is 0 Å². The Morgan fingerprint density at radius 3 is 0.727 bits per heavy atom. The molecular weight excluding hydrogens is 492 g/mol. The third-order valence-electron chi connectivity index (χ3n) is 6.11. The Bertz CT molecular complexity index is 298. The molecule has 0 aliphatic rings. The van der Waals surface area contributed by atoms with Crippen molar-refractivity contribution in [2.24, 2.45) is 0 Å². The summed E-state index contributed by atoms with van der Waals surface area (Å²) < 4.78 is 25.7. The first-order valence-electron chi connectivity index (χ1n) is 14.8. The van der Waals surface area contributed by atoms with Gasteiger partial charge in [0, 0.05) is 0 Å². The van der Waals surface area contributed by atoms with Crippen molar-refractivity contribution >= 4 is 0 Å². The summed E-state index contributed by atoms with van der Waals surface area (Å²) >= 11 is -3.97. The molecule has 0 spiro atoms. The van der Waals surface area contributed by atoms with Gasteiger partial charge >= 0.3 is 216 Å². The van der Waals surface area contributed by atoms with Gasteiger partial charge < -0.3 is 0 Å². The molecule has 0 fully saturated rings. The predicted octanol–water partition coefficient (Wildman–Crippen LogP) is 9.75. The first kappa shape index (κ1) is 33.7. The number of hydrogen-bond acceptors (Lipinski definition) is 4. The van der Waals surface area contributed by atoms with E-state index >= 15 is 0 Å². The fraction of sp³-hybridized carbons (Fsp3) is 1.00. The normalized spacial score (nSPS) is 12.0. The van der Waals surface area contributed by atoms with Crippen molar-refractivity contribution in [1.82, 2.24) is 0 Å². The Kier molecular flexibility index (Phi) is 27.9. The van der Waals surface area contributed by atoms with Crippen molar-refractivity contribution in [3.8, 4) is 0 Å². The molecular formula is C28H60O4Zr. The fourth-order valence-electron chi connectivity index (χ4n) is 3.86. The first-order valence-corrected chi connectivity index (χ1v) is 18.8. The van der Waals surface area contributed by atoms with E-state index in [1.165, 1.54) is 103 Å². The van der Waals surface area contributed by atoms with Gasteiger partial charge in [-0.1, -0.05) is 0 Å². The molecule has 0 heterocycles. The fourth-order valence-corrected chi connectivity index (χ4v) is 8.97. The zero-order chi connectivity index (χ0) is 24.3. The molecule has 0 N–H and O–H groups in total. The van der Waals surface area contributed by atoms with Gasteiger partial charge in [-0.25, -0.2) is 0 Å². The summed E-state index contributed by atoms with van der Waals surface area (Å²) in [4.78, 5) is 0. The van der Waals surface area contributed by atoms with Crippen LogP contribution in [0.4, 0.5) is 0 Å². The van der Waals surface area contributed by atoms with Crippen LogP contribution in [0.25, 0.3) is 0 Å². The zero-order valence-electron chi connectivity index (χ0n) is 23.1. The van der Waals surface area contributed by atoms with Crippen molar-refractivity contribution in [2.45, 2.75) is 156 Å². The van der Waals surface area contributed by atoms with Gasteiger partial charge in [-0.05, 0) is 0 Å². The van der Waals surface area contributed by atoms with Crippen molar-refractivity contribution in [3.05, 3.63) is 0 Å². The quantitative estimate of drug-likeness (QED) is 0.0907. The van der Waals surface area contributed by atoms with E-state index in [0.29, 0.717) is 0 Å². The molecule has 33 heavy (non-hydrogen) atoms. The van der Waals surface area contributed by atoms with E-state index in [1.807, 2.05) is 0 Å². The molecule has 0 aliphatic heterocycles. The Morgan fingerprint density at radius 2 is 0.515 bits per heavy atom. The summed E-state index contributed by atoms with van der Waals surface area (Å²) in [6.07, 6.45) is 24.7. The van der Waals surface area contributed by atoms with Gasteiger partial charge in [-0.15, -0.1) is 0 Å². The second-order valence-electron chi connectivity index (χ2n) is 9.55. The van der Waals surface area contributed by atoms with E-state index in [2.05, 4.69) is 27.7 Å². The van der Waals surface area contributed by atoms with Crippen LogP contribution in [0.1, 0.15) is 156 Å². The second kappa shape index (κ2) is 27.3. The minimum absolute atomic E-state index is 0.724. The maximum atomic E-state index is 6.44. The predicted molar refractivity (Wildman–Crippen MR) is 139 cm³/mol. The molecule has 0 amide bonds. The third-order valence-corrected chi connectivity index (χ3v) is 11.6. The molecule has 0 aromatic heterocycles. The van der Waals surface area contributed by atoms with Crippen LogP contribution >= 0.6 is 0 Å². The Balaban J connectivity index is 4.74. The van der Waals surface area contributed by atoms with Crippen LogP contribution in [0.2, 0.25) is 0 Å². The van der Waals surface area contributed by atoms with Crippen LogP contribution in [-0.4, -0.2) is 26.4 Å².